The van der Waals surface area contributed by atoms with Gasteiger partial charge in [0.1, 0.15) is 0 Å². The minimum Gasteiger partial charge on any atom is -1.00 e. The Morgan fingerprint density at radius 3 is 1.50 bits per heavy atom. The number of rotatable bonds is 0. The summed E-state index contributed by atoms with van der Waals surface area (Å²) >= 11 is 0. The van der Waals surface area contributed by atoms with Gasteiger partial charge in [-0.25, -0.2) is 0 Å². The molecule has 1 N–H and O–H groups in total. The topological polar surface area (TPSA) is 54.4 Å². The van der Waals surface area contributed by atoms with Gasteiger partial charge in [-0.15, -0.1) is 0 Å². The fraction of sp³-hybridized carbons (Fsp3) is 0. The van der Waals surface area contributed by atoms with Gasteiger partial charge in [0.05, 0.1) is 0 Å². The van der Waals surface area contributed by atoms with Crippen molar-refractivity contribution in [3.63, 3.8) is 0 Å². The zero-order chi connectivity index (χ0) is 3.58. The minimum absolute atomic E-state index is 0. The van der Waals surface area contributed by atoms with Crippen molar-refractivity contribution < 1.29 is 15.8 Å². The summed E-state index contributed by atoms with van der Waals surface area (Å²) in [6.45, 7) is 0. The molecule has 6 heteroatoms. The Morgan fingerprint density at radius 2 is 1.50 bits per heavy atom. The molecular formula is H5BaGaO3S-. The van der Waals surface area contributed by atoms with Crippen molar-refractivity contribution in [2.75, 3.05) is 0 Å². The van der Waals surface area contributed by atoms with E-state index >= 15 is 0 Å². The van der Waals surface area contributed by atoms with E-state index in [9.17, 15) is 0 Å². The zero-order valence-corrected chi connectivity index (χ0v) is 12.8. The van der Waals surface area contributed by atoms with Crippen LogP contribution < -0.4 is 0 Å². The first kappa shape index (κ1) is 15.7. The second-order valence-corrected chi connectivity index (χ2v) is 0.651. The van der Waals surface area contributed by atoms with Crippen LogP contribution in [0.4, 0.5) is 0 Å². The molecule has 0 aromatic carbocycles. The molecule has 0 bridgehead atoms. The molecule has 1 radical (unpaired) electrons. The molecular weight excluding hydrogens is 287 g/mol. The first-order valence-electron chi connectivity index (χ1n) is 0.516. The van der Waals surface area contributed by atoms with Crippen LogP contribution in [-0.4, -0.2) is 73.2 Å². The van der Waals surface area contributed by atoms with Gasteiger partial charge in [-0.2, -0.15) is 0 Å². The third-order valence-corrected chi connectivity index (χ3v) is 0. The van der Waals surface area contributed by atoms with E-state index in [0.29, 0.717) is 0 Å². The standard InChI is InChI=1S/Ba.Ga.HO3S.4H/c;;1-4(2)3;;;;/h;;(H,1,2,3);;;;/q+2;;-1;;;2*-1. The van der Waals surface area contributed by atoms with E-state index in [0.717, 1.165) is 0 Å². The molecule has 0 fully saturated rings. The average Bonchev–Trinajstić information content (AvgIpc) is 0.811. The summed E-state index contributed by atoms with van der Waals surface area (Å²) in [7, 11) is -2.86. The quantitative estimate of drug-likeness (QED) is 0.261. The molecule has 0 spiro atoms. The van der Waals surface area contributed by atoms with Gasteiger partial charge in [0.25, 0.3) is 0 Å². The summed E-state index contributed by atoms with van der Waals surface area (Å²) in [5.74, 6) is 0. The molecule has 0 aromatic heterocycles. The molecule has 0 atom stereocenters. The Labute approximate surface area is 93.8 Å². The van der Waals surface area contributed by atoms with Gasteiger partial charge in [0, 0.05) is 11.0 Å². The van der Waals surface area contributed by atoms with Gasteiger partial charge in [0.2, 0.25) is 0 Å². The molecule has 0 aliphatic heterocycles. The van der Waals surface area contributed by atoms with E-state index in [-0.39, 0.29) is 71.5 Å². The van der Waals surface area contributed by atoms with Crippen molar-refractivity contribution in [2.45, 2.75) is 0 Å². The van der Waals surface area contributed by atoms with E-state index in [1.165, 1.54) is 0 Å². The zero-order valence-electron chi connectivity index (χ0n) is 5.38. The molecule has 3 nitrogen and oxygen atoms in total. The molecule has 0 saturated heterocycles. The minimum atomic E-state index is -2.86. The van der Waals surface area contributed by atoms with Crippen LogP contribution in [0.1, 0.15) is 2.85 Å². The monoisotopic (exact) mass is 292 g/mol. The molecule has 0 amide bonds. The van der Waals surface area contributed by atoms with Crippen molar-refractivity contribution >= 4 is 79.7 Å². The van der Waals surface area contributed by atoms with Crippen molar-refractivity contribution in [2.24, 2.45) is 0 Å². The summed E-state index contributed by atoms with van der Waals surface area (Å²) in [6.07, 6.45) is 0. The van der Waals surface area contributed by atoms with Crippen LogP contribution in [0.3, 0.4) is 0 Å². The third-order valence-electron chi connectivity index (χ3n) is 0. The Bertz CT molecular complexity index is 65.7. The molecule has 35 valence electrons. The Morgan fingerprint density at radius 1 is 1.50 bits per heavy atom. The third kappa shape index (κ3) is 35.7. The largest absolute Gasteiger partial charge is 1.00 e. The van der Waals surface area contributed by atoms with Crippen molar-refractivity contribution in [1.82, 2.24) is 0 Å². The first-order chi connectivity index (χ1) is 1.73. The van der Waals surface area contributed by atoms with Crippen LogP contribution in [0, 0.1) is 0 Å². The van der Waals surface area contributed by atoms with E-state index in [1.54, 1.807) is 0 Å². The Balaban J connectivity index is -0.00000000750. The van der Waals surface area contributed by atoms with Crippen molar-refractivity contribution in [3.05, 3.63) is 0 Å². The van der Waals surface area contributed by atoms with Crippen molar-refractivity contribution in [1.29, 1.82) is 0 Å². The van der Waals surface area contributed by atoms with Crippen LogP contribution in [0.15, 0.2) is 0 Å². The van der Waals surface area contributed by atoms with E-state index in [1.807, 2.05) is 0 Å². The Kier molecular flexibility index (Phi) is 26.6. The Hall–Kier alpha value is 2.12. The predicted molar refractivity (Wildman–Crippen MR) is 27.9 cm³/mol. The molecule has 0 heterocycles. The van der Waals surface area contributed by atoms with Gasteiger partial charge in [-0.1, -0.05) is 0 Å². The van der Waals surface area contributed by atoms with E-state index in [2.05, 4.69) is 0 Å². The second-order valence-electron chi connectivity index (χ2n) is 0.217. The predicted octanol–water partition coefficient (Wildman–Crippen LogP) is -1.30. The molecule has 0 aliphatic rings. The molecule has 0 rings (SSSR count). The van der Waals surface area contributed by atoms with Gasteiger partial charge in [-0.05, 0) is 0 Å². The van der Waals surface area contributed by atoms with Crippen molar-refractivity contribution in [3.8, 4) is 0 Å². The molecule has 0 saturated carbocycles. The normalized spacial score (nSPS) is 5.67. The fourth-order valence-corrected chi connectivity index (χ4v) is 0. The van der Waals surface area contributed by atoms with Gasteiger partial charge in [-0.3, -0.25) is 0 Å². The van der Waals surface area contributed by atoms with Crippen LogP contribution in [0.5, 0.6) is 0 Å². The molecule has 0 aliphatic carbocycles. The summed E-state index contributed by atoms with van der Waals surface area (Å²) in [5, 5.41) is 0. The first-order valence-corrected chi connectivity index (χ1v) is 1.55. The smallest absolute Gasteiger partial charge is 1.00 e. The summed E-state index contributed by atoms with van der Waals surface area (Å²) in [4.78, 5) is 0. The maximum atomic E-state index is 8.56. The van der Waals surface area contributed by atoms with Gasteiger partial charge < -0.3 is 15.8 Å². The van der Waals surface area contributed by atoms with Gasteiger partial charge in [0.15, 0.2) is 0 Å². The van der Waals surface area contributed by atoms with Crippen LogP contribution in [0.2, 0.25) is 0 Å². The van der Waals surface area contributed by atoms with E-state index in [4.69, 9.17) is 13.0 Å². The van der Waals surface area contributed by atoms with Gasteiger partial charge >= 0.3 is 68.7 Å². The van der Waals surface area contributed by atoms with Crippen LogP contribution in [-0.2, 0) is 19.4 Å². The SMILES string of the molecule is O=[S-](=O)O.[Ba+2].[GaH2].[H-].[H-]. The molecule has 6 heavy (non-hydrogen) atoms. The maximum Gasteiger partial charge on any atom is -1.00 e. The van der Waals surface area contributed by atoms with Crippen LogP contribution >= 0.6 is 0 Å². The van der Waals surface area contributed by atoms with Crippen LogP contribution in [0.25, 0.3) is 0 Å². The number of hydrogen-bond donors (Lipinski definition) is 1. The molecule has 0 unspecified atom stereocenters. The molecule has 0 aromatic rings. The summed E-state index contributed by atoms with van der Waals surface area (Å²) in [5.41, 5.74) is 0. The average molecular weight is 292 g/mol. The maximum absolute atomic E-state index is 8.56. The second kappa shape index (κ2) is 10.2. The summed E-state index contributed by atoms with van der Waals surface area (Å²) in [6, 6.07) is 0. The summed E-state index contributed by atoms with van der Waals surface area (Å²) < 4.78 is 24.1. The number of hydrogen-bond acceptors (Lipinski definition) is 3. The fourth-order valence-electron chi connectivity index (χ4n) is 0. The van der Waals surface area contributed by atoms with E-state index < -0.39 is 11.0 Å².